The number of aryl methyl sites for hydroxylation is 2. The first-order valence-corrected chi connectivity index (χ1v) is 15.9. The Morgan fingerprint density at radius 3 is 2.55 bits per heavy atom. The Balaban J connectivity index is 1.26. The molecule has 2 amide bonds. The van der Waals surface area contributed by atoms with Gasteiger partial charge in [0.05, 0.1) is 34.6 Å². The molecule has 0 unspecified atom stereocenters. The third kappa shape index (κ3) is 6.34. The number of amides is 2. The largest absolute Gasteiger partial charge is 0.345 e. The Hall–Kier alpha value is -4.61. The maximum Gasteiger partial charge on any atom is 0.253 e. The Morgan fingerprint density at radius 1 is 1.00 bits per heavy atom. The summed E-state index contributed by atoms with van der Waals surface area (Å²) in [6, 6.07) is 24.9. The van der Waals surface area contributed by atoms with E-state index < -0.39 is 0 Å². The number of thiophene rings is 1. The number of halogens is 1. The molecular formula is C33H29FN6O2S2. The number of carbonyl (C=O) groups is 2. The molecule has 0 saturated heterocycles. The number of hydrogen-bond donors (Lipinski definition) is 1. The van der Waals surface area contributed by atoms with Crippen LogP contribution in [0.5, 0.6) is 0 Å². The van der Waals surface area contributed by atoms with Crippen molar-refractivity contribution >= 4 is 40.6 Å². The van der Waals surface area contributed by atoms with Crippen LogP contribution in [-0.2, 0) is 11.3 Å². The van der Waals surface area contributed by atoms with Crippen LogP contribution in [0.2, 0.25) is 0 Å². The zero-order chi connectivity index (χ0) is 30.6. The molecule has 6 rings (SSSR count). The zero-order valence-electron chi connectivity index (χ0n) is 24.1. The van der Waals surface area contributed by atoms with E-state index >= 15 is 0 Å². The van der Waals surface area contributed by atoms with E-state index in [2.05, 4.69) is 15.5 Å². The van der Waals surface area contributed by atoms with Gasteiger partial charge in [-0.1, -0.05) is 60.3 Å². The lowest BCUT2D eigenvalue weighted by Crippen LogP contribution is -2.28. The molecule has 5 aromatic rings. The maximum absolute atomic E-state index is 13.7. The van der Waals surface area contributed by atoms with Crippen molar-refractivity contribution in [3.63, 3.8) is 0 Å². The lowest BCUT2D eigenvalue weighted by atomic mass is 10.0. The number of carbonyl (C=O) groups excluding carboxylic acids is 2. The third-order valence-corrected chi connectivity index (χ3v) is 9.13. The van der Waals surface area contributed by atoms with Crippen molar-refractivity contribution in [1.29, 1.82) is 0 Å². The van der Waals surface area contributed by atoms with E-state index in [-0.39, 0.29) is 36.0 Å². The van der Waals surface area contributed by atoms with Gasteiger partial charge in [-0.05, 0) is 72.3 Å². The summed E-state index contributed by atoms with van der Waals surface area (Å²) in [5.41, 5.74) is 5.12. The van der Waals surface area contributed by atoms with Crippen molar-refractivity contribution in [3.8, 4) is 5.69 Å². The topological polar surface area (TPSA) is 92.5 Å². The zero-order valence-corrected chi connectivity index (χ0v) is 25.7. The van der Waals surface area contributed by atoms with Crippen LogP contribution in [0, 0.1) is 19.7 Å². The fraction of sp³-hybridized carbons (Fsp3) is 0.182. The monoisotopic (exact) mass is 624 g/mol. The number of nitrogens with one attached hydrogen (secondary N) is 1. The van der Waals surface area contributed by atoms with Crippen LogP contribution in [0.3, 0.4) is 0 Å². The van der Waals surface area contributed by atoms with Crippen molar-refractivity contribution < 1.29 is 14.0 Å². The molecule has 11 heteroatoms. The van der Waals surface area contributed by atoms with Crippen molar-refractivity contribution in [2.24, 2.45) is 5.10 Å². The summed E-state index contributed by atoms with van der Waals surface area (Å²) >= 11 is 2.83. The Morgan fingerprint density at radius 2 is 1.80 bits per heavy atom. The van der Waals surface area contributed by atoms with Crippen molar-refractivity contribution in [3.05, 3.63) is 129 Å². The molecule has 0 spiro atoms. The van der Waals surface area contributed by atoms with Gasteiger partial charge in [-0.2, -0.15) is 5.10 Å². The van der Waals surface area contributed by atoms with E-state index in [1.54, 1.807) is 35.6 Å². The normalized spacial score (nSPS) is 14.5. The predicted molar refractivity (Wildman–Crippen MR) is 171 cm³/mol. The first-order chi connectivity index (χ1) is 21.4. The molecule has 1 aliphatic heterocycles. The van der Waals surface area contributed by atoms with E-state index in [1.807, 2.05) is 72.3 Å². The molecule has 3 aromatic carbocycles. The van der Waals surface area contributed by atoms with Gasteiger partial charge in [0.15, 0.2) is 11.0 Å². The second kappa shape index (κ2) is 12.9. The van der Waals surface area contributed by atoms with Gasteiger partial charge >= 0.3 is 0 Å². The predicted octanol–water partition coefficient (Wildman–Crippen LogP) is 6.48. The fourth-order valence-electron chi connectivity index (χ4n) is 5.03. The van der Waals surface area contributed by atoms with Gasteiger partial charge in [-0.3, -0.25) is 14.2 Å². The summed E-state index contributed by atoms with van der Waals surface area (Å²) in [6.07, 6.45) is 0.534. The van der Waals surface area contributed by atoms with Gasteiger partial charge in [-0.15, -0.1) is 21.5 Å². The van der Waals surface area contributed by atoms with E-state index in [1.165, 1.54) is 28.9 Å². The fourth-order valence-corrected chi connectivity index (χ4v) is 6.57. The average Bonchev–Trinajstić information content (AvgIpc) is 3.81. The molecule has 44 heavy (non-hydrogen) atoms. The highest BCUT2D eigenvalue weighted by molar-refractivity contribution is 7.99. The van der Waals surface area contributed by atoms with Crippen LogP contribution in [-0.4, -0.2) is 43.1 Å². The summed E-state index contributed by atoms with van der Waals surface area (Å²) in [7, 11) is 0. The highest BCUT2D eigenvalue weighted by Gasteiger charge is 2.34. The summed E-state index contributed by atoms with van der Waals surface area (Å²) in [5.74, 6) is -0.156. The Labute approximate surface area is 262 Å². The number of thioether (sulfide) groups is 1. The number of hydrazone groups is 1. The molecule has 3 heterocycles. The quantitative estimate of drug-likeness (QED) is 0.190. The van der Waals surface area contributed by atoms with Crippen molar-refractivity contribution in [1.82, 2.24) is 25.1 Å². The molecule has 1 aliphatic rings. The maximum atomic E-state index is 13.7. The Kier molecular flexibility index (Phi) is 8.67. The second-order valence-electron chi connectivity index (χ2n) is 10.4. The summed E-state index contributed by atoms with van der Waals surface area (Å²) in [6.45, 7) is 4.15. The van der Waals surface area contributed by atoms with E-state index in [0.717, 1.165) is 33.0 Å². The molecule has 0 aliphatic carbocycles. The van der Waals surface area contributed by atoms with Crippen molar-refractivity contribution in [2.75, 3.05) is 5.75 Å². The number of rotatable bonds is 9. The van der Waals surface area contributed by atoms with Gasteiger partial charge in [0.25, 0.3) is 11.8 Å². The van der Waals surface area contributed by atoms with Gasteiger partial charge in [0.1, 0.15) is 5.82 Å². The minimum Gasteiger partial charge on any atom is -0.345 e. The summed E-state index contributed by atoms with van der Waals surface area (Å²) in [5, 5.41) is 20.5. The number of benzene rings is 3. The number of hydrogen-bond acceptors (Lipinski definition) is 7. The molecule has 1 N–H and O–H groups in total. The summed E-state index contributed by atoms with van der Waals surface area (Å²) < 4.78 is 15.6. The van der Waals surface area contributed by atoms with Crippen LogP contribution in [0.4, 0.5) is 4.39 Å². The number of nitrogens with zero attached hydrogens (tertiary/aromatic N) is 5. The molecule has 0 bridgehead atoms. The molecule has 222 valence electrons. The van der Waals surface area contributed by atoms with E-state index in [4.69, 9.17) is 5.10 Å². The standard InChI is InChI=1S/C33H29FN6O2S2/c1-21-10-11-22(2)27(17-21)39-30(19-35-32(42)24-7-4-3-5-8-24)36-37-33(39)44-20-31(41)40-28(23-12-14-25(34)15-13-23)18-26(38-40)29-9-6-16-43-29/h3-17,28H,18-20H2,1-2H3,(H,35,42)/t28-/m1/s1. The lowest BCUT2D eigenvalue weighted by molar-refractivity contribution is -0.130. The van der Waals surface area contributed by atoms with Gasteiger partial charge in [-0.25, -0.2) is 9.40 Å². The molecule has 1 atom stereocenters. The highest BCUT2D eigenvalue weighted by atomic mass is 32.2. The van der Waals surface area contributed by atoms with Gasteiger partial charge in [0.2, 0.25) is 0 Å². The van der Waals surface area contributed by atoms with Crippen LogP contribution in [0.1, 0.15) is 50.2 Å². The average molecular weight is 625 g/mol. The minimum absolute atomic E-state index is 0.0539. The first-order valence-electron chi connectivity index (χ1n) is 14.0. The molecule has 0 saturated carbocycles. The van der Waals surface area contributed by atoms with Crippen molar-refractivity contribution in [2.45, 2.75) is 38.0 Å². The van der Waals surface area contributed by atoms with Crippen LogP contribution in [0.15, 0.2) is 101 Å². The second-order valence-corrected chi connectivity index (χ2v) is 12.3. The molecular weight excluding hydrogens is 596 g/mol. The number of aromatic nitrogens is 3. The highest BCUT2D eigenvalue weighted by Crippen LogP contribution is 2.35. The molecule has 0 fully saturated rings. The first kappa shape index (κ1) is 29.5. The van der Waals surface area contributed by atoms with Gasteiger partial charge < -0.3 is 5.32 Å². The SMILES string of the molecule is Cc1ccc(C)c(-n2c(CNC(=O)c3ccccc3)nnc2SCC(=O)N2N=C(c3cccs3)C[C@@H]2c2ccc(F)cc2)c1. The molecule has 2 aromatic heterocycles. The minimum atomic E-state index is -0.346. The van der Waals surface area contributed by atoms with Gasteiger partial charge in [0, 0.05) is 12.0 Å². The third-order valence-electron chi connectivity index (χ3n) is 7.30. The van der Waals surface area contributed by atoms with Crippen LogP contribution in [0.25, 0.3) is 5.69 Å². The summed E-state index contributed by atoms with van der Waals surface area (Å²) in [4.78, 5) is 27.5. The lowest BCUT2D eigenvalue weighted by Gasteiger charge is -2.22. The van der Waals surface area contributed by atoms with Crippen LogP contribution >= 0.6 is 23.1 Å². The molecule has 8 nitrogen and oxygen atoms in total. The smallest absolute Gasteiger partial charge is 0.253 e. The van der Waals surface area contributed by atoms with Crippen LogP contribution < -0.4 is 5.32 Å². The van der Waals surface area contributed by atoms with E-state index in [9.17, 15) is 14.0 Å². The molecule has 0 radical (unpaired) electrons. The Bertz CT molecular complexity index is 1820. The van der Waals surface area contributed by atoms with E-state index in [0.29, 0.717) is 23.0 Å².